The molecule has 0 atom stereocenters. The van der Waals surface area contributed by atoms with Crippen molar-refractivity contribution < 1.29 is 27.4 Å². The number of aromatic nitrogens is 3. The fraction of sp³-hybridized carbons (Fsp3) is 0.381. The Morgan fingerprint density at radius 2 is 2.03 bits per heavy atom. The summed E-state index contributed by atoms with van der Waals surface area (Å²) in [4.78, 5) is 21.3. The number of carbonyl (C=O) groups excluding carboxylic acids is 1. The first-order valence-corrected chi connectivity index (χ1v) is 9.56. The number of hydrogen-bond donors (Lipinski definition) is 1. The van der Waals surface area contributed by atoms with Crippen LogP contribution in [0.25, 0.3) is 11.0 Å². The molecule has 3 aromatic heterocycles. The van der Waals surface area contributed by atoms with Crippen molar-refractivity contribution in [3.05, 3.63) is 53.1 Å². The van der Waals surface area contributed by atoms with Gasteiger partial charge >= 0.3 is 6.18 Å². The number of ether oxygens (including phenoxy) is 2. The number of halogens is 3. The number of nitrogens with one attached hydrogen (secondary N) is 1. The minimum Gasteiger partial charge on any atom is -0.484 e. The van der Waals surface area contributed by atoms with E-state index in [1.165, 1.54) is 12.3 Å². The molecule has 7 nitrogen and oxygen atoms in total. The van der Waals surface area contributed by atoms with E-state index in [1.54, 1.807) is 26.4 Å². The van der Waals surface area contributed by atoms with Gasteiger partial charge in [-0.05, 0) is 31.5 Å². The summed E-state index contributed by atoms with van der Waals surface area (Å²) in [6.45, 7) is 3.14. The number of carbonyl (C=O) groups is 1. The van der Waals surface area contributed by atoms with Gasteiger partial charge in [-0.25, -0.2) is 0 Å². The van der Waals surface area contributed by atoms with Crippen molar-refractivity contribution in [3.63, 3.8) is 0 Å². The first-order chi connectivity index (χ1) is 14.7. The maximum Gasteiger partial charge on any atom is 0.422 e. The molecule has 0 radical (unpaired) electrons. The Labute approximate surface area is 177 Å². The Bertz CT molecular complexity index is 1080. The van der Waals surface area contributed by atoms with Gasteiger partial charge in [-0.3, -0.25) is 14.8 Å². The largest absolute Gasteiger partial charge is 0.484 e. The number of amides is 1. The molecule has 3 rings (SSSR count). The highest BCUT2D eigenvalue weighted by Crippen LogP contribution is 2.26. The molecule has 3 aromatic rings. The van der Waals surface area contributed by atoms with Crippen LogP contribution in [0.5, 0.6) is 5.75 Å². The predicted octanol–water partition coefficient (Wildman–Crippen LogP) is 3.41. The van der Waals surface area contributed by atoms with E-state index in [2.05, 4.69) is 15.3 Å². The average Bonchev–Trinajstić information content (AvgIpc) is 3.06. The smallest absolute Gasteiger partial charge is 0.422 e. The maximum atomic E-state index is 12.6. The molecule has 0 aliphatic rings. The highest BCUT2D eigenvalue weighted by Gasteiger charge is 2.29. The zero-order chi connectivity index (χ0) is 22.6. The van der Waals surface area contributed by atoms with Crippen LogP contribution in [-0.2, 0) is 11.3 Å². The number of nitrogens with zero attached hydrogens (tertiary/aromatic N) is 3. The van der Waals surface area contributed by atoms with Crippen LogP contribution in [0, 0.1) is 13.8 Å². The monoisotopic (exact) mass is 436 g/mol. The second-order valence-electron chi connectivity index (χ2n) is 7.08. The lowest BCUT2D eigenvalue weighted by atomic mass is 10.2. The molecule has 10 heteroatoms. The van der Waals surface area contributed by atoms with Crippen LogP contribution >= 0.6 is 0 Å². The van der Waals surface area contributed by atoms with Crippen molar-refractivity contribution >= 4 is 16.9 Å². The van der Waals surface area contributed by atoms with Gasteiger partial charge in [0.05, 0.1) is 29.9 Å². The van der Waals surface area contributed by atoms with Gasteiger partial charge in [0.1, 0.15) is 11.3 Å². The minimum absolute atomic E-state index is 0.116. The van der Waals surface area contributed by atoms with Crippen LogP contribution in [-0.4, -0.2) is 53.5 Å². The van der Waals surface area contributed by atoms with Gasteiger partial charge in [0.15, 0.2) is 6.61 Å². The predicted molar refractivity (Wildman–Crippen MR) is 108 cm³/mol. The van der Waals surface area contributed by atoms with Crippen molar-refractivity contribution in [2.75, 3.05) is 26.9 Å². The van der Waals surface area contributed by atoms with Crippen LogP contribution in [0.4, 0.5) is 13.2 Å². The number of rotatable bonds is 8. The van der Waals surface area contributed by atoms with Gasteiger partial charge < -0.3 is 19.4 Å². The lowest BCUT2D eigenvalue weighted by molar-refractivity contribution is -0.153. The fourth-order valence-corrected chi connectivity index (χ4v) is 3.12. The van der Waals surface area contributed by atoms with Crippen LogP contribution in [0.2, 0.25) is 0 Å². The molecule has 1 N–H and O–H groups in total. The molecule has 0 saturated heterocycles. The highest BCUT2D eigenvalue weighted by molar-refractivity contribution is 6.05. The summed E-state index contributed by atoms with van der Waals surface area (Å²) in [6.07, 6.45) is 0.319. The molecule has 166 valence electrons. The first-order valence-electron chi connectivity index (χ1n) is 9.56. The molecule has 0 aliphatic carbocycles. The van der Waals surface area contributed by atoms with Crippen LogP contribution in [0.15, 0.2) is 30.7 Å². The van der Waals surface area contributed by atoms with Crippen LogP contribution < -0.4 is 10.1 Å². The first kappa shape index (κ1) is 22.5. The lowest BCUT2D eigenvalue weighted by Crippen LogP contribution is -2.26. The molecule has 0 spiro atoms. The van der Waals surface area contributed by atoms with E-state index in [1.807, 2.05) is 17.6 Å². The standard InChI is InChI=1S/C21H23F3N4O3/c1-13-8-17-19(27-9-13)15(20(29)26-6-7-30-3)10-28(17)11-16-14(2)18(4-5-25-16)31-12-21(22,23)24/h4-5,8-10H,6-7,11-12H2,1-3H3,(H,26,29). The summed E-state index contributed by atoms with van der Waals surface area (Å²) < 4.78 is 49.3. The molecular formula is C21H23F3N4O3. The second kappa shape index (κ2) is 9.34. The van der Waals surface area contributed by atoms with Gasteiger partial charge in [-0.2, -0.15) is 13.2 Å². The van der Waals surface area contributed by atoms with Crippen molar-refractivity contribution in [2.24, 2.45) is 0 Å². The summed E-state index contributed by atoms with van der Waals surface area (Å²) in [7, 11) is 1.55. The Morgan fingerprint density at radius 1 is 1.26 bits per heavy atom. The molecule has 0 bridgehead atoms. The van der Waals surface area contributed by atoms with E-state index in [0.29, 0.717) is 35.5 Å². The number of aryl methyl sites for hydroxylation is 1. The fourth-order valence-electron chi connectivity index (χ4n) is 3.12. The Morgan fingerprint density at radius 3 is 2.74 bits per heavy atom. The minimum atomic E-state index is -4.43. The summed E-state index contributed by atoms with van der Waals surface area (Å²) >= 11 is 0. The molecule has 0 fully saturated rings. The van der Waals surface area contributed by atoms with E-state index >= 15 is 0 Å². The third kappa shape index (κ3) is 5.52. The van der Waals surface area contributed by atoms with Crippen molar-refractivity contribution in [3.8, 4) is 5.75 Å². The zero-order valence-electron chi connectivity index (χ0n) is 17.4. The lowest BCUT2D eigenvalue weighted by Gasteiger charge is -2.14. The molecule has 0 unspecified atom stereocenters. The van der Waals surface area contributed by atoms with Crippen molar-refractivity contribution in [2.45, 2.75) is 26.6 Å². The van der Waals surface area contributed by atoms with Gasteiger partial charge in [0, 0.05) is 37.8 Å². The highest BCUT2D eigenvalue weighted by atomic mass is 19.4. The Hall–Kier alpha value is -3.14. The molecular weight excluding hydrogens is 413 g/mol. The SMILES string of the molecule is COCCNC(=O)c1cn(Cc2nccc(OCC(F)(F)F)c2C)c2cc(C)cnc12. The summed E-state index contributed by atoms with van der Waals surface area (Å²) in [6, 6.07) is 3.30. The molecule has 3 heterocycles. The van der Waals surface area contributed by atoms with Crippen molar-refractivity contribution in [1.82, 2.24) is 19.9 Å². The number of fused-ring (bicyclic) bond motifs is 1. The molecule has 1 amide bonds. The van der Waals surface area contributed by atoms with Gasteiger partial charge in [0.2, 0.25) is 0 Å². The van der Waals surface area contributed by atoms with Gasteiger partial charge in [-0.15, -0.1) is 0 Å². The quantitative estimate of drug-likeness (QED) is 0.548. The topological polar surface area (TPSA) is 78.3 Å². The summed E-state index contributed by atoms with van der Waals surface area (Å²) in [5.41, 5.74) is 3.59. The van der Waals surface area contributed by atoms with Crippen LogP contribution in [0.1, 0.15) is 27.2 Å². The number of methoxy groups -OCH3 is 1. The molecule has 0 aliphatic heterocycles. The van der Waals surface area contributed by atoms with E-state index in [4.69, 9.17) is 9.47 Å². The van der Waals surface area contributed by atoms with E-state index in [9.17, 15) is 18.0 Å². The van der Waals surface area contributed by atoms with Gasteiger partial charge in [-0.1, -0.05) is 0 Å². The zero-order valence-corrected chi connectivity index (χ0v) is 17.4. The van der Waals surface area contributed by atoms with E-state index < -0.39 is 12.8 Å². The summed E-state index contributed by atoms with van der Waals surface area (Å²) in [5.74, 6) is -0.172. The number of hydrogen-bond acceptors (Lipinski definition) is 5. The molecule has 31 heavy (non-hydrogen) atoms. The third-order valence-electron chi connectivity index (χ3n) is 4.66. The maximum absolute atomic E-state index is 12.6. The molecule has 0 aromatic carbocycles. The number of pyridine rings is 2. The summed E-state index contributed by atoms with van der Waals surface area (Å²) in [5, 5.41) is 2.78. The van der Waals surface area contributed by atoms with E-state index in [-0.39, 0.29) is 18.2 Å². The Kier molecular flexibility index (Phi) is 6.79. The van der Waals surface area contributed by atoms with Crippen LogP contribution in [0.3, 0.4) is 0 Å². The van der Waals surface area contributed by atoms with E-state index in [0.717, 1.165) is 11.1 Å². The third-order valence-corrected chi connectivity index (χ3v) is 4.66. The average molecular weight is 436 g/mol. The van der Waals surface area contributed by atoms with Gasteiger partial charge in [0.25, 0.3) is 5.91 Å². The second-order valence-corrected chi connectivity index (χ2v) is 7.08. The Balaban J connectivity index is 1.93. The normalized spacial score (nSPS) is 11.7. The number of alkyl halides is 3. The van der Waals surface area contributed by atoms with Crippen molar-refractivity contribution in [1.29, 1.82) is 0 Å². The molecule has 0 saturated carbocycles.